The van der Waals surface area contributed by atoms with Crippen molar-refractivity contribution in [2.24, 2.45) is 10.7 Å². The molecular formula is C23H29F3N6O3S. The van der Waals surface area contributed by atoms with Crippen LogP contribution >= 0.6 is 11.3 Å². The second-order valence-corrected chi connectivity index (χ2v) is 8.59. The summed E-state index contributed by atoms with van der Waals surface area (Å²) in [7, 11) is 1.53. The lowest BCUT2D eigenvalue weighted by molar-refractivity contribution is -0.129. The van der Waals surface area contributed by atoms with E-state index in [1.165, 1.54) is 18.2 Å². The number of nitrogens with two attached hydrogens (primary N) is 1. The van der Waals surface area contributed by atoms with E-state index in [4.69, 9.17) is 10.5 Å². The summed E-state index contributed by atoms with van der Waals surface area (Å²) in [5.74, 6) is -0.523. The number of carbonyl (C=O) groups excluding carboxylic acids is 2. The summed E-state index contributed by atoms with van der Waals surface area (Å²) in [5.41, 5.74) is 5.89. The van der Waals surface area contributed by atoms with Crippen LogP contribution in [0.25, 0.3) is 0 Å². The quantitative estimate of drug-likeness (QED) is 0.334. The standard InChI is InChI=1S/C23H29F3N6O3S/c1-6-32(7-2)19(33)12-28-18(10-17(27)23(24,25)26)30-22-29-11-16(36-22)21(34)31-20-13(3)8-9-15(35-5)14(20)4/h8-11H,6-7,12,27H2,1-5H3,(H,31,34)(H,28,29,30)/b17-10-. The first-order chi connectivity index (χ1) is 16.9. The summed E-state index contributed by atoms with van der Waals surface area (Å²) in [6.45, 7) is 7.68. The zero-order valence-corrected chi connectivity index (χ0v) is 21.4. The molecule has 1 aromatic carbocycles. The number of carbonyl (C=O) groups is 2. The number of thiazole rings is 1. The van der Waals surface area contributed by atoms with Crippen LogP contribution in [-0.2, 0) is 4.79 Å². The number of allylic oxidation sites excluding steroid dienone is 1. The molecule has 0 aliphatic rings. The molecule has 196 valence electrons. The van der Waals surface area contributed by atoms with E-state index < -0.39 is 24.3 Å². The van der Waals surface area contributed by atoms with Gasteiger partial charge in [-0.05, 0) is 39.3 Å². The number of methoxy groups -OCH3 is 1. The molecular weight excluding hydrogens is 497 g/mol. The first-order valence-corrected chi connectivity index (χ1v) is 11.8. The van der Waals surface area contributed by atoms with Crippen LogP contribution in [0.5, 0.6) is 5.75 Å². The van der Waals surface area contributed by atoms with E-state index >= 15 is 0 Å². The van der Waals surface area contributed by atoms with Crippen LogP contribution in [0.15, 0.2) is 35.1 Å². The lowest BCUT2D eigenvalue weighted by Crippen LogP contribution is -2.33. The Hall–Kier alpha value is -3.61. The minimum atomic E-state index is -4.79. The van der Waals surface area contributed by atoms with Crippen LogP contribution in [0.3, 0.4) is 0 Å². The third-order valence-corrected chi connectivity index (χ3v) is 6.08. The molecule has 0 saturated heterocycles. The lowest BCUT2D eigenvalue weighted by Gasteiger charge is -2.17. The molecule has 1 heterocycles. The number of amides is 2. The van der Waals surface area contributed by atoms with Crippen molar-refractivity contribution in [2.45, 2.75) is 33.9 Å². The van der Waals surface area contributed by atoms with Gasteiger partial charge in [-0.1, -0.05) is 17.4 Å². The van der Waals surface area contributed by atoms with Crippen molar-refractivity contribution in [1.29, 1.82) is 0 Å². The molecule has 2 amide bonds. The summed E-state index contributed by atoms with van der Waals surface area (Å²) >= 11 is 0.901. The number of aliphatic imine (C=N–C) groups is 1. The summed E-state index contributed by atoms with van der Waals surface area (Å²) < 4.78 is 44.3. The van der Waals surface area contributed by atoms with Crippen molar-refractivity contribution in [3.05, 3.63) is 46.1 Å². The van der Waals surface area contributed by atoms with Crippen molar-refractivity contribution < 1.29 is 27.5 Å². The second-order valence-electron chi connectivity index (χ2n) is 7.56. The SMILES string of the molecule is CCN(CC)C(=O)CN=C(/C=C(\N)C(F)(F)F)Nc1ncc(C(=O)Nc2c(C)ccc(OC)c2C)s1. The molecule has 0 aliphatic carbocycles. The van der Waals surface area contributed by atoms with Gasteiger partial charge in [-0.15, -0.1) is 0 Å². The van der Waals surface area contributed by atoms with Gasteiger partial charge in [0.05, 0.1) is 19.0 Å². The Labute approximate surface area is 211 Å². The predicted molar refractivity (Wildman–Crippen MR) is 135 cm³/mol. The molecule has 0 saturated carbocycles. The normalized spacial score (nSPS) is 12.3. The molecule has 2 aromatic rings. The number of halogens is 3. The number of nitrogens with one attached hydrogen (secondary N) is 2. The van der Waals surface area contributed by atoms with Crippen LogP contribution in [0, 0.1) is 13.8 Å². The summed E-state index contributed by atoms with van der Waals surface area (Å²) in [6, 6.07) is 3.60. The highest BCUT2D eigenvalue weighted by atomic mass is 32.1. The number of likely N-dealkylation sites (N-methyl/N-ethyl adjacent to an activating group) is 1. The molecule has 0 atom stereocenters. The highest BCUT2D eigenvalue weighted by molar-refractivity contribution is 7.17. The van der Waals surface area contributed by atoms with Gasteiger partial charge in [-0.25, -0.2) is 4.98 Å². The molecule has 9 nitrogen and oxygen atoms in total. The molecule has 4 N–H and O–H groups in total. The van der Waals surface area contributed by atoms with E-state index in [1.54, 1.807) is 32.9 Å². The van der Waals surface area contributed by atoms with E-state index in [1.807, 2.05) is 6.92 Å². The minimum absolute atomic E-state index is 0.0968. The van der Waals surface area contributed by atoms with E-state index in [0.717, 1.165) is 22.5 Å². The maximum Gasteiger partial charge on any atom is 0.430 e. The number of ether oxygens (including phenoxy) is 1. The average molecular weight is 527 g/mol. The highest BCUT2D eigenvalue weighted by Crippen LogP contribution is 2.30. The molecule has 0 spiro atoms. The van der Waals surface area contributed by atoms with Crippen molar-refractivity contribution in [2.75, 3.05) is 37.4 Å². The molecule has 1 aromatic heterocycles. The topological polar surface area (TPSA) is 122 Å². The molecule has 0 radical (unpaired) electrons. The third kappa shape index (κ3) is 7.44. The Morgan fingerprint density at radius 1 is 1.22 bits per heavy atom. The van der Waals surface area contributed by atoms with E-state index in [2.05, 4.69) is 20.6 Å². The van der Waals surface area contributed by atoms with Crippen LogP contribution in [0.1, 0.15) is 34.6 Å². The van der Waals surface area contributed by atoms with E-state index in [9.17, 15) is 22.8 Å². The van der Waals surface area contributed by atoms with Gasteiger partial charge in [0, 0.05) is 24.7 Å². The fraction of sp³-hybridized carbons (Fsp3) is 0.391. The summed E-state index contributed by atoms with van der Waals surface area (Å²) in [6.07, 6.45) is -2.92. The van der Waals surface area contributed by atoms with Crippen molar-refractivity contribution in [3.8, 4) is 5.75 Å². The zero-order chi connectivity index (χ0) is 27.0. The smallest absolute Gasteiger partial charge is 0.430 e. The van der Waals surface area contributed by atoms with Gasteiger partial charge in [0.15, 0.2) is 5.13 Å². The Kier molecular flexibility index (Phi) is 9.84. The first-order valence-electron chi connectivity index (χ1n) is 11.0. The largest absolute Gasteiger partial charge is 0.496 e. The minimum Gasteiger partial charge on any atom is -0.496 e. The molecule has 0 bridgehead atoms. The van der Waals surface area contributed by atoms with E-state index in [0.29, 0.717) is 30.6 Å². The zero-order valence-electron chi connectivity index (χ0n) is 20.6. The lowest BCUT2D eigenvalue weighted by atomic mass is 10.1. The predicted octanol–water partition coefficient (Wildman–Crippen LogP) is 4.10. The molecule has 0 aliphatic heterocycles. The van der Waals surface area contributed by atoms with Crippen LogP contribution in [0.4, 0.5) is 24.0 Å². The monoisotopic (exact) mass is 526 g/mol. The first kappa shape index (κ1) is 28.6. The number of aromatic nitrogens is 1. The fourth-order valence-corrected chi connectivity index (χ4v) is 3.86. The third-order valence-electron chi connectivity index (χ3n) is 5.17. The number of benzene rings is 1. The van der Waals surface area contributed by atoms with E-state index in [-0.39, 0.29) is 21.8 Å². The van der Waals surface area contributed by atoms with Gasteiger partial charge in [0.2, 0.25) is 5.91 Å². The molecule has 0 unspecified atom stereocenters. The van der Waals surface area contributed by atoms with Crippen LogP contribution in [-0.4, -0.2) is 60.5 Å². The molecule has 36 heavy (non-hydrogen) atoms. The summed E-state index contributed by atoms with van der Waals surface area (Å²) in [4.78, 5) is 34.8. The number of rotatable bonds is 9. The van der Waals surface area contributed by atoms with Crippen LogP contribution in [0.2, 0.25) is 0 Å². The number of alkyl halides is 3. The maximum atomic E-state index is 13.0. The Morgan fingerprint density at radius 3 is 2.47 bits per heavy atom. The Bertz CT molecular complexity index is 1160. The fourth-order valence-electron chi connectivity index (χ4n) is 3.14. The molecule has 2 rings (SSSR count). The van der Waals surface area contributed by atoms with Gasteiger partial charge in [-0.3, -0.25) is 14.6 Å². The van der Waals surface area contributed by atoms with Gasteiger partial charge in [-0.2, -0.15) is 13.2 Å². The number of hydrogen-bond acceptors (Lipinski definition) is 7. The number of aryl methyl sites for hydroxylation is 1. The number of anilines is 2. The number of hydrogen-bond donors (Lipinski definition) is 3. The van der Waals surface area contributed by atoms with Gasteiger partial charge in [0.1, 0.15) is 28.7 Å². The maximum absolute atomic E-state index is 13.0. The number of amidine groups is 1. The highest BCUT2D eigenvalue weighted by Gasteiger charge is 2.32. The van der Waals surface area contributed by atoms with Gasteiger partial charge >= 0.3 is 6.18 Å². The number of nitrogens with zero attached hydrogens (tertiary/aromatic N) is 3. The van der Waals surface area contributed by atoms with Crippen molar-refractivity contribution in [3.63, 3.8) is 0 Å². The summed E-state index contributed by atoms with van der Waals surface area (Å²) in [5, 5.41) is 5.54. The van der Waals surface area contributed by atoms with Crippen molar-refractivity contribution in [1.82, 2.24) is 9.88 Å². The van der Waals surface area contributed by atoms with Gasteiger partial charge < -0.3 is 26.0 Å². The molecule has 0 fully saturated rings. The van der Waals surface area contributed by atoms with Gasteiger partial charge in [0.25, 0.3) is 5.91 Å². The average Bonchev–Trinajstić information content (AvgIpc) is 3.29. The van der Waals surface area contributed by atoms with Crippen LogP contribution < -0.4 is 21.1 Å². The second kappa shape index (κ2) is 12.4. The van der Waals surface area contributed by atoms with Crippen molar-refractivity contribution >= 4 is 39.8 Å². The Balaban J connectivity index is 2.27. The Morgan fingerprint density at radius 2 is 1.89 bits per heavy atom. The molecule has 13 heteroatoms.